The molecule has 0 N–H and O–H groups in total. The van der Waals surface area contributed by atoms with Crippen molar-refractivity contribution in [1.82, 2.24) is 0 Å². The maximum atomic E-state index is 10.6. The lowest BCUT2D eigenvalue weighted by Crippen LogP contribution is -1.88. The molecule has 1 heteroatoms. The zero-order valence-corrected chi connectivity index (χ0v) is 9.38. The molecule has 0 aromatic heterocycles. The fourth-order valence-corrected chi connectivity index (χ4v) is 1.18. The number of terminal acetylenes is 1. The molecule has 0 atom stereocenters. The maximum Gasteiger partial charge on any atom is 0.129 e. The molecule has 1 nitrogen and oxygen atoms in total. The third kappa shape index (κ3) is 12.5. The van der Waals surface area contributed by atoms with Gasteiger partial charge >= 0.3 is 0 Å². The first kappa shape index (κ1) is 13.5. The van der Waals surface area contributed by atoms with Gasteiger partial charge < -0.3 is 4.79 Å². The van der Waals surface area contributed by atoms with Crippen molar-refractivity contribution in [3.05, 3.63) is 12.2 Å². The Balaban J connectivity index is 3.24. The van der Waals surface area contributed by atoms with Gasteiger partial charge in [-0.05, 0) is 38.0 Å². The molecule has 15 heavy (non-hydrogen) atoms. The molecule has 0 spiro atoms. The van der Waals surface area contributed by atoms with Gasteiger partial charge in [-0.25, -0.2) is 0 Å². The summed E-state index contributed by atoms with van der Waals surface area (Å²) in [6.07, 6.45) is 14.9. The minimum absolute atomic E-state index is 0.287. The van der Waals surface area contributed by atoms with Crippen molar-refractivity contribution in [1.29, 1.82) is 0 Å². The fraction of sp³-hybridized carbons (Fsp3) is 0.500. The molecule has 0 fully saturated rings. The van der Waals surface area contributed by atoms with E-state index in [2.05, 4.69) is 23.8 Å². The van der Waals surface area contributed by atoms with Gasteiger partial charge in [0.15, 0.2) is 0 Å². The first-order chi connectivity index (χ1) is 7.27. The van der Waals surface area contributed by atoms with Crippen LogP contribution in [0.15, 0.2) is 12.2 Å². The third-order valence-electron chi connectivity index (χ3n) is 1.95. The second-order valence-electron chi connectivity index (χ2n) is 3.42. The number of ketones is 1. The number of carbonyl (C=O) groups excluding carboxylic acids is 1. The number of rotatable bonds is 7. The molecule has 0 aliphatic rings. The molecule has 0 aromatic carbocycles. The van der Waals surface area contributed by atoms with Gasteiger partial charge in [0.25, 0.3) is 0 Å². The van der Waals surface area contributed by atoms with Crippen LogP contribution in [0.1, 0.15) is 45.4 Å². The van der Waals surface area contributed by atoms with E-state index in [1.165, 1.54) is 0 Å². The minimum atomic E-state index is 0.287. The summed E-state index contributed by atoms with van der Waals surface area (Å²) in [5.74, 6) is 7.95. The Morgan fingerprint density at radius 3 is 2.73 bits per heavy atom. The highest BCUT2D eigenvalue weighted by Gasteiger charge is 1.92. The van der Waals surface area contributed by atoms with Crippen molar-refractivity contribution in [3.8, 4) is 24.2 Å². The second kappa shape index (κ2) is 10.6. The molecule has 0 radical (unpaired) electrons. The summed E-state index contributed by atoms with van der Waals surface area (Å²) in [5.41, 5.74) is 0. The molecule has 0 amide bonds. The molecule has 0 aliphatic heterocycles. The molecule has 0 heterocycles. The Morgan fingerprint density at radius 1 is 1.27 bits per heavy atom. The van der Waals surface area contributed by atoms with Gasteiger partial charge in [-0.15, -0.1) is 6.42 Å². The van der Waals surface area contributed by atoms with Gasteiger partial charge in [0, 0.05) is 12.8 Å². The van der Waals surface area contributed by atoms with Crippen molar-refractivity contribution in [2.24, 2.45) is 0 Å². The molecule has 0 unspecified atom stereocenters. The average molecular weight is 202 g/mol. The number of unbranched alkanes of at least 4 members (excludes halogenated alkanes) is 3. The average Bonchev–Trinajstić information content (AvgIpc) is 2.20. The quantitative estimate of drug-likeness (QED) is 0.352. The van der Waals surface area contributed by atoms with Gasteiger partial charge in [0.2, 0.25) is 0 Å². The van der Waals surface area contributed by atoms with Gasteiger partial charge in [-0.3, -0.25) is 0 Å². The van der Waals surface area contributed by atoms with Gasteiger partial charge in [-0.1, -0.05) is 24.5 Å². The molecular weight excluding hydrogens is 184 g/mol. The van der Waals surface area contributed by atoms with Crippen LogP contribution in [0.25, 0.3) is 0 Å². The lowest BCUT2D eigenvalue weighted by Gasteiger charge is -1.95. The highest BCUT2D eigenvalue weighted by molar-refractivity contribution is 5.75. The largest absolute Gasteiger partial charge is 0.300 e. The Labute approximate surface area is 93.0 Å². The van der Waals surface area contributed by atoms with Crippen LogP contribution in [0.3, 0.4) is 0 Å². The lowest BCUT2D eigenvalue weighted by molar-refractivity contribution is -0.117. The summed E-state index contributed by atoms with van der Waals surface area (Å²) >= 11 is 0. The Kier molecular flexibility index (Phi) is 9.57. The number of hydrogen-bond acceptors (Lipinski definition) is 1. The van der Waals surface area contributed by atoms with Crippen LogP contribution in [-0.2, 0) is 4.79 Å². The van der Waals surface area contributed by atoms with Crippen LogP contribution >= 0.6 is 0 Å². The van der Waals surface area contributed by atoms with E-state index >= 15 is 0 Å². The van der Waals surface area contributed by atoms with Crippen LogP contribution in [-0.4, -0.2) is 5.78 Å². The van der Waals surface area contributed by atoms with Crippen LogP contribution < -0.4 is 0 Å². The first-order valence-corrected chi connectivity index (χ1v) is 5.35. The van der Waals surface area contributed by atoms with Gasteiger partial charge in [0.05, 0.1) is 0 Å². The van der Waals surface area contributed by atoms with Crippen LogP contribution in [0.5, 0.6) is 0 Å². The summed E-state index contributed by atoms with van der Waals surface area (Å²) in [7, 11) is 0. The minimum Gasteiger partial charge on any atom is -0.300 e. The zero-order valence-electron chi connectivity index (χ0n) is 9.38. The van der Waals surface area contributed by atoms with E-state index in [-0.39, 0.29) is 5.78 Å². The van der Waals surface area contributed by atoms with E-state index in [1.54, 1.807) is 6.92 Å². The second-order valence-corrected chi connectivity index (χ2v) is 3.42. The molecular formula is C14H18O. The van der Waals surface area contributed by atoms with Gasteiger partial charge in [0.1, 0.15) is 5.78 Å². The molecule has 80 valence electrons. The molecule has 0 saturated heterocycles. The predicted octanol–water partition coefficient (Wildman–Crippen LogP) is 3.11. The molecule has 0 bridgehead atoms. The van der Waals surface area contributed by atoms with Crippen LogP contribution in [0.4, 0.5) is 0 Å². The third-order valence-corrected chi connectivity index (χ3v) is 1.95. The number of Topliss-reactive ketones (excluding diaryl/α,β-unsaturated/α-hetero) is 1. The number of hydrogen-bond donors (Lipinski definition) is 0. The topological polar surface area (TPSA) is 17.1 Å². The van der Waals surface area contributed by atoms with E-state index in [4.69, 9.17) is 6.42 Å². The summed E-state index contributed by atoms with van der Waals surface area (Å²) in [6.45, 7) is 1.64. The summed E-state index contributed by atoms with van der Waals surface area (Å²) in [6, 6.07) is 0. The smallest absolute Gasteiger partial charge is 0.129 e. The highest BCUT2D eigenvalue weighted by atomic mass is 16.1. The summed E-state index contributed by atoms with van der Waals surface area (Å²) in [4.78, 5) is 10.6. The first-order valence-electron chi connectivity index (χ1n) is 5.35. The van der Waals surface area contributed by atoms with Crippen molar-refractivity contribution < 1.29 is 4.79 Å². The molecule has 0 aliphatic carbocycles. The maximum absolute atomic E-state index is 10.6. The number of carbonyl (C=O) groups is 1. The fourth-order valence-electron chi connectivity index (χ4n) is 1.18. The van der Waals surface area contributed by atoms with Crippen molar-refractivity contribution in [3.63, 3.8) is 0 Å². The Bertz CT molecular complexity index is 294. The Morgan fingerprint density at radius 2 is 2.07 bits per heavy atom. The van der Waals surface area contributed by atoms with E-state index in [9.17, 15) is 4.79 Å². The summed E-state index contributed by atoms with van der Waals surface area (Å²) < 4.78 is 0. The zero-order chi connectivity index (χ0) is 11.4. The van der Waals surface area contributed by atoms with E-state index < -0.39 is 0 Å². The van der Waals surface area contributed by atoms with E-state index in [1.807, 2.05) is 6.08 Å². The molecule has 0 rings (SSSR count). The molecule has 0 aromatic rings. The van der Waals surface area contributed by atoms with Crippen molar-refractivity contribution in [2.75, 3.05) is 0 Å². The van der Waals surface area contributed by atoms with E-state index in [0.29, 0.717) is 0 Å². The standard InChI is InChI=1S/C14H18O/c1-3-4-5-6-7-8-9-10-11-12-13-14(2)15/h1,7-8H,6,9-13H2,2H3/b8-7-. The lowest BCUT2D eigenvalue weighted by atomic mass is 10.1. The van der Waals surface area contributed by atoms with Crippen LogP contribution in [0, 0.1) is 24.2 Å². The Hall–Kier alpha value is -1.47. The summed E-state index contributed by atoms with van der Waals surface area (Å²) in [5, 5.41) is 0. The monoisotopic (exact) mass is 202 g/mol. The predicted molar refractivity (Wildman–Crippen MR) is 64.1 cm³/mol. The van der Waals surface area contributed by atoms with Crippen LogP contribution in [0.2, 0.25) is 0 Å². The SMILES string of the molecule is C#CC#CC/C=C\CCCCCC(C)=O. The number of allylic oxidation sites excluding steroid dienone is 2. The normalized spacial score (nSPS) is 9.33. The van der Waals surface area contributed by atoms with Crippen molar-refractivity contribution in [2.45, 2.75) is 45.4 Å². The van der Waals surface area contributed by atoms with Crippen molar-refractivity contribution >= 4 is 5.78 Å². The van der Waals surface area contributed by atoms with E-state index in [0.717, 1.165) is 38.5 Å². The highest BCUT2D eigenvalue weighted by Crippen LogP contribution is 2.04. The van der Waals surface area contributed by atoms with Gasteiger partial charge in [-0.2, -0.15) is 0 Å². The molecule has 0 saturated carbocycles.